The molecule has 4 atom stereocenters. The van der Waals surface area contributed by atoms with Crippen molar-refractivity contribution in [1.82, 2.24) is 4.90 Å². The topological polar surface area (TPSA) is 46.3 Å². The number of fused-ring (bicyclic) bond motifs is 1. The van der Waals surface area contributed by atoms with E-state index in [-0.39, 0.29) is 6.04 Å². The van der Waals surface area contributed by atoms with Gasteiger partial charge in [-0.2, -0.15) is 13.2 Å². The zero-order valence-electron chi connectivity index (χ0n) is 12.0. The first-order chi connectivity index (χ1) is 9.16. The molecule has 0 bridgehead atoms. The monoisotopic (exact) mass is 292 g/mol. The fourth-order valence-electron chi connectivity index (χ4n) is 3.59. The zero-order valence-corrected chi connectivity index (χ0v) is 12.0. The maximum absolute atomic E-state index is 13.0. The summed E-state index contributed by atoms with van der Waals surface area (Å²) in [6.45, 7) is 3.31. The molecule has 1 amide bonds. The molecule has 1 saturated heterocycles. The molecule has 2 fully saturated rings. The SMILES string of the molecule is CC1CCN(C(=O)C(C)(N)C(F)(F)F)C2CCCCC12. The van der Waals surface area contributed by atoms with E-state index in [4.69, 9.17) is 5.73 Å². The third-order valence-electron chi connectivity index (χ3n) is 5.03. The lowest BCUT2D eigenvalue weighted by atomic mass is 9.72. The first kappa shape index (κ1) is 15.6. The van der Waals surface area contributed by atoms with Gasteiger partial charge in [0.05, 0.1) is 0 Å². The summed E-state index contributed by atoms with van der Waals surface area (Å²) in [5.41, 5.74) is 2.53. The molecule has 4 unspecified atom stereocenters. The van der Waals surface area contributed by atoms with E-state index in [1.807, 2.05) is 0 Å². The summed E-state index contributed by atoms with van der Waals surface area (Å²) in [6, 6.07) is -0.0646. The molecular weight excluding hydrogens is 269 g/mol. The van der Waals surface area contributed by atoms with Gasteiger partial charge in [0.15, 0.2) is 5.54 Å². The highest BCUT2D eigenvalue weighted by molar-refractivity contribution is 5.87. The van der Waals surface area contributed by atoms with Crippen LogP contribution >= 0.6 is 0 Å². The second kappa shape index (κ2) is 5.20. The molecule has 116 valence electrons. The summed E-state index contributed by atoms with van der Waals surface area (Å²) in [6.07, 6.45) is -0.0621. The van der Waals surface area contributed by atoms with Crippen molar-refractivity contribution >= 4 is 5.91 Å². The van der Waals surface area contributed by atoms with Crippen molar-refractivity contribution in [3.8, 4) is 0 Å². The van der Waals surface area contributed by atoms with E-state index in [1.54, 1.807) is 0 Å². The minimum atomic E-state index is -4.71. The van der Waals surface area contributed by atoms with Crippen LogP contribution in [0.25, 0.3) is 0 Å². The zero-order chi connectivity index (χ0) is 15.1. The Balaban J connectivity index is 2.21. The number of hydrogen-bond donors (Lipinski definition) is 1. The standard InChI is InChI=1S/C14H23F3N2O/c1-9-7-8-19(11-6-4-3-5-10(9)11)12(20)13(2,18)14(15,16)17/h9-11H,3-8,18H2,1-2H3. The lowest BCUT2D eigenvalue weighted by molar-refractivity contribution is -0.197. The second-order valence-electron chi connectivity index (χ2n) is 6.48. The van der Waals surface area contributed by atoms with Crippen LogP contribution in [-0.4, -0.2) is 35.1 Å². The highest BCUT2D eigenvalue weighted by Gasteiger charge is 2.57. The number of carbonyl (C=O) groups is 1. The molecular formula is C14H23F3N2O. The number of likely N-dealkylation sites (tertiary alicyclic amines) is 1. The molecule has 6 heteroatoms. The van der Waals surface area contributed by atoms with Crippen molar-refractivity contribution in [3.05, 3.63) is 0 Å². The Kier molecular flexibility index (Phi) is 4.06. The smallest absolute Gasteiger partial charge is 0.338 e. The van der Waals surface area contributed by atoms with Gasteiger partial charge in [0.25, 0.3) is 5.91 Å². The van der Waals surface area contributed by atoms with Gasteiger partial charge in [-0.25, -0.2) is 0 Å². The van der Waals surface area contributed by atoms with E-state index < -0.39 is 17.6 Å². The predicted molar refractivity (Wildman–Crippen MR) is 69.9 cm³/mol. The van der Waals surface area contributed by atoms with Gasteiger partial charge in [-0.15, -0.1) is 0 Å². The van der Waals surface area contributed by atoms with Crippen molar-refractivity contribution in [1.29, 1.82) is 0 Å². The molecule has 0 spiro atoms. The van der Waals surface area contributed by atoms with E-state index >= 15 is 0 Å². The normalized spacial score (nSPS) is 34.3. The summed E-state index contributed by atoms with van der Waals surface area (Å²) < 4.78 is 38.9. The van der Waals surface area contributed by atoms with Gasteiger partial charge in [-0.3, -0.25) is 4.79 Å². The van der Waals surface area contributed by atoms with Crippen LogP contribution in [0.4, 0.5) is 13.2 Å². The molecule has 20 heavy (non-hydrogen) atoms. The molecule has 1 heterocycles. The molecule has 0 aromatic rings. The van der Waals surface area contributed by atoms with Gasteiger partial charge in [0.2, 0.25) is 0 Å². The molecule has 1 aliphatic heterocycles. The quantitative estimate of drug-likeness (QED) is 0.807. The third-order valence-corrected chi connectivity index (χ3v) is 5.03. The number of rotatable bonds is 1. The molecule has 3 nitrogen and oxygen atoms in total. The van der Waals surface area contributed by atoms with Crippen molar-refractivity contribution < 1.29 is 18.0 Å². The van der Waals surface area contributed by atoms with Gasteiger partial charge >= 0.3 is 6.18 Å². The largest absolute Gasteiger partial charge is 0.415 e. The third kappa shape index (κ3) is 2.54. The van der Waals surface area contributed by atoms with Crippen molar-refractivity contribution in [2.45, 2.75) is 63.7 Å². The Bertz CT molecular complexity index is 381. The number of alkyl halides is 3. The fraction of sp³-hybridized carbons (Fsp3) is 0.929. The summed E-state index contributed by atoms with van der Waals surface area (Å²) in [4.78, 5) is 13.7. The van der Waals surface area contributed by atoms with Gasteiger partial charge in [-0.1, -0.05) is 19.8 Å². The van der Waals surface area contributed by atoms with Crippen LogP contribution in [-0.2, 0) is 4.79 Å². The minimum absolute atomic E-state index is 0.0646. The highest BCUT2D eigenvalue weighted by Crippen LogP contribution is 2.40. The van der Waals surface area contributed by atoms with E-state index in [2.05, 4.69) is 6.92 Å². The Morgan fingerprint density at radius 2 is 1.80 bits per heavy atom. The lowest BCUT2D eigenvalue weighted by Gasteiger charge is -2.49. The maximum Gasteiger partial charge on any atom is 0.415 e. The number of hydrogen-bond acceptors (Lipinski definition) is 2. The van der Waals surface area contributed by atoms with Gasteiger partial charge in [0, 0.05) is 12.6 Å². The van der Waals surface area contributed by atoms with E-state index in [1.165, 1.54) is 4.90 Å². The van der Waals surface area contributed by atoms with Crippen LogP contribution in [0, 0.1) is 11.8 Å². The molecule has 2 rings (SSSR count). The van der Waals surface area contributed by atoms with Crippen LogP contribution in [0.3, 0.4) is 0 Å². The molecule has 1 saturated carbocycles. The van der Waals surface area contributed by atoms with Gasteiger partial charge < -0.3 is 10.6 Å². The number of piperidine rings is 1. The minimum Gasteiger partial charge on any atom is -0.338 e. The molecule has 2 N–H and O–H groups in total. The van der Waals surface area contributed by atoms with Crippen LogP contribution < -0.4 is 5.73 Å². The molecule has 0 aromatic heterocycles. The van der Waals surface area contributed by atoms with Crippen LogP contribution in [0.5, 0.6) is 0 Å². The summed E-state index contributed by atoms with van der Waals surface area (Å²) >= 11 is 0. The van der Waals surface area contributed by atoms with Crippen molar-refractivity contribution in [2.24, 2.45) is 17.6 Å². The average molecular weight is 292 g/mol. The molecule has 2 aliphatic rings. The van der Waals surface area contributed by atoms with Gasteiger partial charge in [0.1, 0.15) is 0 Å². The number of amides is 1. The average Bonchev–Trinajstić information content (AvgIpc) is 2.37. The summed E-state index contributed by atoms with van der Waals surface area (Å²) in [7, 11) is 0. The Hall–Kier alpha value is -0.780. The highest BCUT2D eigenvalue weighted by atomic mass is 19.4. The van der Waals surface area contributed by atoms with Crippen LogP contribution in [0.15, 0.2) is 0 Å². The molecule has 0 radical (unpaired) electrons. The fourth-order valence-corrected chi connectivity index (χ4v) is 3.59. The van der Waals surface area contributed by atoms with E-state index in [9.17, 15) is 18.0 Å². The van der Waals surface area contributed by atoms with E-state index in [0.29, 0.717) is 18.4 Å². The molecule has 1 aliphatic carbocycles. The summed E-state index contributed by atoms with van der Waals surface area (Å²) in [5, 5.41) is 0. The Morgan fingerprint density at radius 3 is 2.40 bits per heavy atom. The van der Waals surface area contributed by atoms with Crippen molar-refractivity contribution in [2.75, 3.05) is 6.54 Å². The number of halogens is 3. The first-order valence-electron chi connectivity index (χ1n) is 7.33. The first-order valence-corrected chi connectivity index (χ1v) is 7.33. The van der Waals surface area contributed by atoms with Crippen LogP contribution in [0.1, 0.15) is 46.0 Å². The number of nitrogens with zero attached hydrogens (tertiary/aromatic N) is 1. The lowest BCUT2D eigenvalue weighted by Crippen LogP contribution is -2.66. The number of nitrogens with two attached hydrogens (primary N) is 1. The predicted octanol–water partition coefficient (Wildman–Crippen LogP) is 2.69. The molecule has 0 aromatic carbocycles. The van der Waals surface area contributed by atoms with Crippen LogP contribution in [0.2, 0.25) is 0 Å². The maximum atomic E-state index is 13.0. The van der Waals surface area contributed by atoms with Crippen molar-refractivity contribution in [3.63, 3.8) is 0 Å². The summed E-state index contributed by atoms with van der Waals surface area (Å²) in [5.74, 6) is -0.168. The Labute approximate surface area is 117 Å². The Morgan fingerprint density at radius 1 is 1.20 bits per heavy atom. The number of carbonyl (C=O) groups excluding carboxylic acids is 1. The second-order valence-corrected chi connectivity index (χ2v) is 6.48. The van der Waals surface area contributed by atoms with Gasteiger partial charge in [-0.05, 0) is 38.0 Å². The van der Waals surface area contributed by atoms with E-state index in [0.717, 1.165) is 39.0 Å².